The molecule has 2 N–H and O–H groups in total. The number of fused-ring (bicyclic) bond motifs is 3. The Hall–Kier alpha value is -3.18. The Labute approximate surface area is 435 Å². The lowest BCUT2D eigenvalue weighted by Gasteiger charge is -2.42. The van der Waals surface area contributed by atoms with Crippen molar-refractivity contribution >= 4 is 36.8 Å². The second-order valence-corrected chi connectivity index (χ2v) is 23.6. The van der Waals surface area contributed by atoms with E-state index in [0.29, 0.717) is 76.4 Å². The Bertz CT molecular complexity index is 2020. The minimum Gasteiger partial charge on any atom is -0.460 e. The van der Waals surface area contributed by atoms with E-state index < -0.39 is 103 Å². The molecule has 3 aliphatic heterocycles. The number of nitrogens with zero attached hydrogens (tertiary/aromatic N) is 1. The van der Waals surface area contributed by atoms with Crippen LogP contribution in [0.2, 0.25) is 0 Å². The normalized spacial score (nSPS) is 35.9. The first-order valence-electron chi connectivity index (χ1n) is 26.9. The number of methoxy groups -OCH3 is 3. The van der Waals surface area contributed by atoms with Crippen LogP contribution in [-0.2, 0) is 61.3 Å². The maximum atomic E-state index is 14.6. The van der Waals surface area contributed by atoms with Crippen molar-refractivity contribution in [2.75, 3.05) is 41.1 Å². The zero-order valence-corrected chi connectivity index (χ0v) is 46.9. The summed E-state index contributed by atoms with van der Waals surface area (Å²) in [5, 5.41) is 23.6. The second kappa shape index (κ2) is 29.4. The van der Waals surface area contributed by atoms with Gasteiger partial charge in [-0.3, -0.25) is 23.7 Å². The summed E-state index contributed by atoms with van der Waals surface area (Å²) in [5.41, 5.74) is 1.17. The van der Waals surface area contributed by atoms with Crippen molar-refractivity contribution in [2.24, 2.45) is 35.5 Å². The van der Waals surface area contributed by atoms with E-state index in [1.54, 1.807) is 41.1 Å². The van der Waals surface area contributed by atoms with Crippen molar-refractivity contribution in [3.05, 3.63) is 47.6 Å². The SMILES string of the molecule is CCCCOP(C)(=O)O[C@@H]1CCC(C[C@@H](C)C2CC(=O)C(C)=CC(C)[C@@H](O)[C@@H](OC)C(=O)[C@H](C)C[C@H](C)C=CC=CC=C(C)[C@@H](OC)C[C@@H]3CC[C@@H](C)[C@@](O)(O3)C(=O)C(=O)N3CCCC[C@H]3C(=O)O2)C[C@H]1OC. The van der Waals surface area contributed by atoms with Crippen LogP contribution in [0.1, 0.15) is 145 Å². The highest BCUT2D eigenvalue weighted by Gasteiger charge is 2.53. The molecule has 0 spiro atoms. The topological polar surface area (TPSA) is 211 Å². The number of carbonyl (C=O) groups is 5. The number of aliphatic hydroxyl groups excluding tert-OH is 1. The van der Waals surface area contributed by atoms with E-state index in [0.717, 1.165) is 18.4 Å². The van der Waals surface area contributed by atoms with Gasteiger partial charge in [-0.2, -0.15) is 0 Å². The monoisotopic (exact) mass is 1050 g/mol. The van der Waals surface area contributed by atoms with E-state index in [9.17, 15) is 38.8 Å². The van der Waals surface area contributed by atoms with E-state index in [1.807, 2.05) is 65.0 Å². The fourth-order valence-electron chi connectivity index (χ4n) is 10.9. The van der Waals surface area contributed by atoms with E-state index >= 15 is 0 Å². The van der Waals surface area contributed by atoms with Gasteiger partial charge in [-0.15, -0.1) is 0 Å². The maximum Gasteiger partial charge on any atom is 0.329 e. The first-order valence-corrected chi connectivity index (χ1v) is 28.9. The molecule has 1 saturated carbocycles. The molecular weight excluding hydrogens is 958 g/mol. The van der Waals surface area contributed by atoms with Crippen molar-refractivity contribution in [3.63, 3.8) is 0 Å². The summed E-state index contributed by atoms with van der Waals surface area (Å²) in [6, 6.07) is -1.17. The van der Waals surface area contributed by atoms with Gasteiger partial charge in [0.05, 0.1) is 37.1 Å². The van der Waals surface area contributed by atoms with Gasteiger partial charge in [-0.05, 0) is 113 Å². The molecule has 16 nitrogen and oxygen atoms in total. The molecule has 0 aromatic rings. The first-order chi connectivity index (χ1) is 34.5. The van der Waals surface area contributed by atoms with Crippen LogP contribution in [-0.4, -0.2) is 140 Å². The number of amides is 1. The smallest absolute Gasteiger partial charge is 0.329 e. The van der Waals surface area contributed by atoms with Crippen LogP contribution in [0.15, 0.2) is 47.6 Å². The molecular formula is C56H90NO15P. The van der Waals surface area contributed by atoms with E-state index in [4.69, 9.17) is 32.7 Å². The number of hydrogen-bond donors (Lipinski definition) is 2. The van der Waals surface area contributed by atoms with Gasteiger partial charge in [0, 0.05) is 65.1 Å². The number of unbranched alkanes of at least 4 members (excludes halogenated alkanes) is 1. The molecule has 4 unspecified atom stereocenters. The number of allylic oxidation sites excluding steroid dienone is 6. The quantitative estimate of drug-likeness (QED) is 0.0809. The van der Waals surface area contributed by atoms with Gasteiger partial charge in [0.15, 0.2) is 11.6 Å². The number of ether oxygens (including phenoxy) is 5. The third-order valence-electron chi connectivity index (χ3n) is 15.6. The summed E-state index contributed by atoms with van der Waals surface area (Å²) in [5.74, 6) is -8.22. The molecule has 3 heterocycles. The largest absolute Gasteiger partial charge is 0.460 e. The molecule has 17 heteroatoms. The van der Waals surface area contributed by atoms with Gasteiger partial charge < -0.3 is 47.8 Å². The van der Waals surface area contributed by atoms with E-state index in [1.165, 1.54) is 18.7 Å². The van der Waals surface area contributed by atoms with Crippen molar-refractivity contribution in [2.45, 2.75) is 200 Å². The summed E-state index contributed by atoms with van der Waals surface area (Å²) >= 11 is 0. The predicted molar refractivity (Wildman–Crippen MR) is 278 cm³/mol. The fraction of sp³-hybridized carbons (Fsp3) is 0.768. The van der Waals surface area contributed by atoms with Crippen LogP contribution in [0.5, 0.6) is 0 Å². The highest BCUT2D eigenvalue weighted by molar-refractivity contribution is 7.53. The highest BCUT2D eigenvalue weighted by atomic mass is 31.2. The first kappa shape index (κ1) is 62.4. The number of hydrogen-bond acceptors (Lipinski definition) is 15. The summed E-state index contributed by atoms with van der Waals surface area (Å²) in [6.07, 6.45) is 12.6. The van der Waals surface area contributed by atoms with Crippen LogP contribution in [0.25, 0.3) is 0 Å². The molecule has 4 rings (SSSR count). The molecule has 414 valence electrons. The lowest BCUT2D eigenvalue weighted by molar-refractivity contribution is -0.265. The third-order valence-corrected chi connectivity index (χ3v) is 16.9. The van der Waals surface area contributed by atoms with E-state index in [-0.39, 0.29) is 42.8 Å². The number of cyclic esters (lactones) is 1. The number of Topliss-reactive ketones (excluding diaryl/α,β-unsaturated/α-hetero) is 3. The molecule has 1 aliphatic carbocycles. The third kappa shape index (κ3) is 17.7. The predicted octanol–water partition coefficient (Wildman–Crippen LogP) is 8.84. The number of carbonyl (C=O) groups excluding carboxylic acids is 5. The number of aliphatic hydroxyl groups is 2. The van der Waals surface area contributed by atoms with Crippen LogP contribution in [0.4, 0.5) is 0 Å². The van der Waals surface area contributed by atoms with Gasteiger partial charge in [-0.1, -0.05) is 84.4 Å². The number of esters is 1. The van der Waals surface area contributed by atoms with Crippen molar-refractivity contribution in [1.82, 2.24) is 4.90 Å². The average molecular weight is 1050 g/mol. The lowest BCUT2D eigenvalue weighted by atomic mass is 9.78. The number of piperidine rings is 1. The van der Waals surface area contributed by atoms with Gasteiger partial charge in [0.1, 0.15) is 18.2 Å². The summed E-state index contributed by atoms with van der Waals surface area (Å²) in [4.78, 5) is 72.5. The van der Waals surface area contributed by atoms with Crippen molar-refractivity contribution < 1.29 is 71.5 Å². The summed E-state index contributed by atoms with van der Waals surface area (Å²) < 4.78 is 54.7. The van der Waals surface area contributed by atoms with Crippen LogP contribution < -0.4 is 0 Å². The molecule has 2 bridgehead atoms. The Morgan fingerprint density at radius 3 is 2.29 bits per heavy atom. The average Bonchev–Trinajstić information content (AvgIpc) is 3.35. The standard InChI is InChI=1S/C56H90NO15P/c1-13-14-28-69-73(12,65)72-46-26-24-42(32-49(46)67-10)31-38(5)48-34-45(58)37(4)30-40(7)51(60)52(68-11)50(59)39(6)29-35(2)20-16-15-17-21-36(3)47(66-9)33-43-25-23-41(8)56(64,71-43)53(61)54(62)57-27-19-18-22-44(57)55(63)70-48/h15-17,20-21,30,35,38-44,46-49,51-52,60,64H,13-14,18-19,22-29,31-34H2,1-12H3/t35-,38-,39-,40?,41-,42?,43+,44+,46-,47+,48?,49-,51-,52+,56-,73?/m1/s1. The summed E-state index contributed by atoms with van der Waals surface area (Å²) in [7, 11) is 1.19. The van der Waals surface area contributed by atoms with Crippen LogP contribution >= 0.6 is 7.60 Å². The zero-order valence-electron chi connectivity index (χ0n) is 46.0. The van der Waals surface area contributed by atoms with Gasteiger partial charge in [-0.25, -0.2) is 4.79 Å². The molecule has 1 amide bonds. The minimum absolute atomic E-state index is 0.00895. The maximum absolute atomic E-state index is 14.6. The zero-order chi connectivity index (χ0) is 54.2. The molecule has 0 radical (unpaired) electrons. The number of rotatable bonds is 12. The molecule has 0 aromatic carbocycles. The Morgan fingerprint density at radius 2 is 1.62 bits per heavy atom. The number of ketones is 3. The van der Waals surface area contributed by atoms with Crippen molar-refractivity contribution in [3.8, 4) is 0 Å². The summed E-state index contributed by atoms with van der Waals surface area (Å²) in [6.45, 7) is 16.5. The highest BCUT2D eigenvalue weighted by Crippen LogP contribution is 2.49. The Balaban J connectivity index is 1.68. The van der Waals surface area contributed by atoms with Crippen LogP contribution in [0, 0.1) is 35.5 Å². The Morgan fingerprint density at radius 1 is 0.890 bits per heavy atom. The minimum atomic E-state index is -3.35. The second-order valence-electron chi connectivity index (χ2n) is 21.6. The molecule has 2 saturated heterocycles. The van der Waals surface area contributed by atoms with Crippen molar-refractivity contribution in [1.29, 1.82) is 0 Å². The van der Waals surface area contributed by atoms with Crippen LogP contribution in [0.3, 0.4) is 0 Å². The molecule has 73 heavy (non-hydrogen) atoms. The lowest BCUT2D eigenvalue weighted by Crippen LogP contribution is -2.61. The van der Waals surface area contributed by atoms with E-state index in [2.05, 4.69) is 0 Å². The Kier molecular flexibility index (Phi) is 25.1. The van der Waals surface area contributed by atoms with Gasteiger partial charge in [0.25, 0.3) is 11.7 Å². The molecule has 4 aliphatic rings. The van der Waals surface area contributed by atoms with Gasteiger partial charge in [0.2, 0.25) is 5.79 Å². The fourth-order valence-corrected chi connectivity index (χ4v) is 12.1. The molecule has 16 atom stereocenters. The molecule has 3 fully saturated rings. The molecule has 0 aromatic heterocycles. The van der Waals surface area contributed by atoms with Gasteiger partial charge >= 0.3 is 13.6 Å².